The minimum atomic E-state index is 0.641. The number of rotatable bonds is 2. The molecular weight excluding hydrogens is 198 g/mol. The van der Waals surface area contributed by atoms with Crippen molar-refractivity contribution in [1.29, 1.82) is 0 Å². The van der Waals surface area contributed by atoms with Gasteiger partial charge >= 0.3 is 0 Å². The smallest absolute Gasteiger partial charge is 0.0867 e. The van der Waals surface area contributed by atoms with Gasteiger partial charge in [0.25, 0.3) is 0 Å². The van der Waals surface area contributed by atoms with Gasteiger partial charge in [-0.3, -0.25) is 0 Å². The average molecular weight is 211 g/mol. The van der Waals surface area contributed by atoms with Crippen LogP contribution in [0, 0.1) is 0 Å². The van der Waals surface area contributed by atoms with E-state index in [1.54, 1.807) is 7.11 Å². The van der Waals surface area contributed by atoms with E-state index in [9.17, 15) is 0 Å². The lowest BCUT2D eigenvalue weighted by atomic mass is 10.2. The number of methoxy groups -OCH3 is 1. The second kappa shape index (κ2) is 3.65. The fourth-order valence-corrected chi connectivity index (χ4v) is 2.19. The van der Waals surface area contributed by atoms with Crippen LogP contribution in [0.25, 0.3) is 16.4 Å². The molecule has 80 valence electrons. The SMILES string of the molecule is COCc1ccc2ccc3ccccc3n12. The van der Waals surface area contributed by atoms with Gasteiger partial charge in [-0.25, -0.2) is 0 Å². The zero-order valence-electron chi connectivity index (χ0n) is 9.18. The van der Waals surface area contributed by atoms with Gasteiger partial charge in [-0.1, -0.05) is 24.3 Å². The molecule has 2 nitrogen and oxygen atoms in total. The van der Waals surface area contributed by atoms with Crippen LogP contribution < -0.4 is 0 Å². The predicted octanol–water partition coefficient (Wildman–Crippen LogP) is 3.24. The van der Waals surface area contributed by atoms with Gasteiger partial charge < -0.3 is 9.14 Å². The molecule has 0 aliphatic heterocycles. The number of pyridine rings is 1. The molecule has 0 radical (unpaired) electrons. The molecule has 3 aromatic rings. The Kier molecular flexibility index (Phi) is 2.15. The van der Waals surface area contributed by atoms with E-state index in [0.29, 0.717) is 6.61 Å². The van der Waals surface area contributed by atoms with Crippen LogP contribution in [0.5, 0.6) is 0 Å². The summed E-state index contributed by atoms with van der Waals surface area (Å²) >= 11 is 0. The molecule has 2 heterocycles. The summed E-state index contributed by atoms with van der Waals surface area (Å²) in [4.78, 5) is 0. The summed E-state index contributed by atoms with van der Waals surface area (Å²) in [6.07, 6.45) is 0. The molecule has 0 fully saturated rings. The van der Waals surface area contributed by atoms with E-state index in [0.717, 1.165) is 0 Å². The van der Waals surface area contributed by atoms with E-state index < -0.39 is 0 Å². The molecule has 0 amide bonds. The molecule has 1 aromatic carbocycles. The van der Waals surface area contributed by atoms with Crippen LogP contribution in [-0.2, 0) is 11.3 Å². The van der Waals surface area contributed by atoms with Crippen molar-refractivity contribution in [3.63, 3.8) is 0 Å². The third-order valence-electron chi connectivity index (χ3n) is 2.90. The standard InChI is InChI=1S/C14H13NO/c1-16-10-13-9-8-12-7-6-11-4-2-3-5-14(11)15(12)13/h2-9H,10H2,1H3. The minimum Gasteiger partial charge on any atom is -0.378 e. The van der Waals surface area contributed by atoms with Gasteiger partial charge in [-0.2, -0.15) is 0 Å². The van der Waals surface area contributed by atoms with Crippen molar-refractivity contribution in [2.45, 2.75) is 6.61 Å². The molecule has 0 atom stereocenters. The van der Waals surface area contributed by atoms with E-state index >= 15 is 0 Å². The van der Waals surface area contributed by atoms with Gasteiger partial charge in [-0.05, 0) is 29.7 Å². The molecule has 0 spiro atoms. The first-order valence-corrected chi connectivity index (χ1v) is 5.37. The Morgan fingerprint density at radius 2 is 1.81 bits per heavy atom. The zero-order chi connectivity index (χ0) is 11.0. The minimum absolute atomic E-state index is 0.641. The van der Waals surface area contributed by atoms with Crippen LogP contribution >= 0.6 is 0 Å². The van der Waals surface area contributed by atoms with Crippen LogP contribution in [0.3, 0.4) is 0 Å². The monoisotopic (exact) mass is 211 g/mol. The summed E-state index contributed by atoms with van der Waals surface area (Å²) in [7, 11) is 1.73. The van der Waals surface area contributed by atoms with Crippen LogP contribution in [0.2, 0.25) is 0 Å². The van der Waals surface area contributed by atoms with Crippen LogP contribution in [0.4, 0.5) is 0 Å². The lowest BCUT2D eigenvalue weighted by Gasteiger charge is -2.06. The van der Waals surface area contributed by atoms with Crippen LogP contribution in [0.15, 0.2) is 48.5 Å². The van der Waals surface area contributed by atoms with Gasteiger partial charge in [0.05, 0.1) is 12.1 Å². The zero-order valence-corrected chi connectivity index (χ0v) is 9.18. The Morgan fingerprint density at radius 3 is 2.69 bits per heavy atom. The number of nitrogens with zero attached hydrogens (tertiary/aromatic N) is 1. The van der Waals surface area contributed by atoms with E-state index in [4.69, 9.17) is 4.74 Å². The van der Waals surface area contributed by atoms with Crippen molar-refractivity contribution >= 4 is 16.4 Å². The van der Waals surface area contributed by atoms with Crippen molar-refractivity contribution in [1.82, 2.24) is 4.40 Å². The number of aromatic nitrogens is 1. The highest BCUT2D eigenvalue weighted by Crippen LogP contribution is 2.20. The molecule has 2 aromatic heterocycles. The molecule has 0 saturated heterocycles. The molecule has 16 heavy (non-hydrogen) atoms. The molecule has 3 rings (SSSR count). The summed E-state index contributed by atoms with van der Waals surface area (Å²) in [5.41, 5.74) is 3.64. The Balaban J connectivity index is 2.42. The number of para-hydroxylation sites is 1. The Labute approximate surface area is 94.1 Å². The van der Waals surface area contributed by atoms with Gasteiger partial charge in [0.2, 0.25) is 0 Å². The van der Waals surface area contributed by atoms with Crippen molar-refractivity contribution in [2.75, 3.05) is 7.11 Å². The third-order valence-corrected chi connectivity index (χ3v) is 2.90. The number of benzene rings is 1. The highest BCUT2D eigenvalue weighted by molar-refractivity contribution is 5.83. The molecular formula is C14H13NO. The van der Waals surface area contributed by atoms with E-state index in [2.05, 4.69) is 52.9 Å². The van der Waals surface area contributed by atoms with Crippen molar-refractivity contribution < 1.29 is 4.74 Å². The normalized spacial score (nSPS) is 11.3. The summed E-state index contributed by atoms with van der Waals surface area (Å²) < 4.78 is 7.47. The number of fused-ring (bicyclic) bond motifs is 3. The molecule has 0 unspecified atom stereocenters. The largest absolute Gasteiger partial charge is 0.378 e. The topological polar surface area (TPSA) is 13.6 Å². The first kappa shape index (κ1) is 9.43. The fraction of sp³-hybridized carbons (Fsp3) is 0.143. The predicted molar refractivity (Wildman–Crippen MR) is 65.6 cm³/mol. The van der Waals surface area contributed by atoms with Gasteiger partial charge in [0.15, 0.2) is 0 Å². The Bertz CT molecular complexity index is 639. The van der Waals surface area contributed by atoms with Gasteiger partial charge in [0.1, 0.15) is 0 Å². The van der Waals surface area contributed by atoms with Crippen molar-refractivity contribution in [2.24, 2.45) is 0 Å². The van der Waals surface area contributed by atoms with E-state index in [-0.39, 0.29) is 0 Å². The van der Waals surface area contributed by atoms with E-state index in [1.807, 2.05) is 0 Å². The fourth-order valence-electron chi connectivity index (χ4n) is 2.19. The summed E-state index contributed by atoms with van der Waals surface area (Å²) in [5, 5.41) is 1.25. The summed E-state index contributed by atoms with van der Waals surface area (Å²) in [6.45, 7) is 0.641. The maximum absolute atomic E-state index is 5.22. The maximum Gasteiger partial charge on any atom is 0.0867 e. The number of ether oxygens (including phenoxy) is 1. The van der Waals surface area contributed by atoms with Crippen LogP contribution in [-0.4, -0.2) is 11.5 Å². The Morgan fingerprint density at radius 1 is 1.00 bits per heavy atom. The number of hydrogen-bond acceptors (Lipinski definition) is 1. The third kappa shape index (κ3) is 1.31. The second-order valence-corrected chi connectivity index (χ2v) is 3.91. The summed E-state index contributed by atoms with van der Waals surface area (Å²) in [5.74, 6) is 0. The molecule has 0 saturated carbocycles. The van der Waals surface area contributed by atoms with Crippen molar-refractivity contribution in [3.05, 3.63) is 54.2 Å². The van der Waals surface area contributed by atoms with Crippen molar-refractivity contribution in [3.8, 4) is 0 Å². The lowest BCUT2D eigenvalue weighted by molar-refractivity contribution is 0.181. The Hall–Kier alpha value is -1.80. The van der Waals surface area contributed by atoms with Gasteiger partial charge in [0, 0.05) is 18.3 Å². The first-order chi connectivity index (χ1) is 7.90. The molecule has 0 bridgehead atoms. The molecule has 2 heteroatoms. The highest BCUT2D eigenvalue weighted by Gasteiger charge is 2.04. The summed E-state index contributed by atoms with van der Waals surface area (Å²) in [6, 6.07) is 16.9. The number of hydrogen-bond donors (Lipinski definition) is 0. The highest BCUT2D eigenvalue weighted by atomic mass is 16.5. The molecule has 0 N–H and O–H groups in total. The second-order valence-electron chi connectivity index (χ2n) is 3.91. The lowest BCUT2D eigenvalue weighted by Crippen LogP contribution is -1.95. The van der Waals surface area contributed by atoms with E-state index in [1.165, 1.54) is 22.1 Å². The maximum atomic E-state index is 5.22. The van der Waals surface area contributed by atoms with Gasteiger partial charge in [-0.15, -0.1) is 0 Å². The first-order valence-electron chi connectivity index (χ1n) is 5.37. The quantitative estimate of drug-likeness (QED) is 0.634. The molecule has 0 aliphatic carbocycles. The molecule has 0 aliphatic rings. The average Bonchev–Trinajstić information content (AvgIpc) is 2.73. The van der Waals surface area contributed by atoms with Crippen LogP contribution in [0.1, 0.15) is 5.69 Å².